The summed E-state index contributed by atoms with van der Waals surface area (Å²) in [4.78, 5) is 26.8. The quantitative estimate of drug-likeness (QED) is 0.782. The van der Waals surface area contributed by atoms with Gasteiger partial charge in [0.1, 0.15) is 15.9 Å². The number of hydrogen-bond acceptors (Lipinski definition) is 4. The van der Waals surface area contributed by atoms with Gasteiger partial charge in [0, 0.05) is 24.9 Å². The Morgan fingerprint density at radius 2 is 1.52 bits per heavy atom. The molecule has 7 nitrogen and oxygen atoms in total. The van der Waals surface area contributed by atoms with Gasteiger partial charge in [0.25, 0.3) is 0 Å². The zero-order valence-corrected chi connectivity index (χ0v) is 17.3. The van der Waals surface area contributed by atoms with E-state index >= 15 is 0 Å². The first-order valence-electron chi connectivity index (χ1n) is 8.67. The number of carbonyl (C=O) groups excluding carboxylic acids is 2. The van der Waals surface area contributed by atoms with Crippen molar-refractivity contribution >= 4 is 21.8 Å². The van der Waals surface area contributed by atoms with E-state index in [9.17, 15) is 18.0 Å². The van der Waals surface area contributed by atoms with Crippen LogP contribution in [0, 0.1) is 5.41 Å². The minimum Gasteiger partial charge on any atom is -0.341 e. The number of nitrogens with zero attached hydrogens (tertiary/aromatic N) is 1. The van der Waals surface area contributed by atoms with Gasteiger partial charge in [0.15, 0.2) is 0 Å². The summed E-state index contributed by atoms with van der Waals surface area (Å²) >= 11 is 0. The predicted octanol–water partition coefficient (Wildman–Crippen LogP) is 1.53. The predicted molar refractivity (Wildman–Crippen MR) is 99.1 cm³/mol. The topological polar surface area (TPSA) is 95.6 Å². The van der Waals surface area contributed by atoms with E-state index < -0.39 is 26.8 Å². The third kappa shape index (κ3) is 6.84. The molecule has 0 aromatic heterocycles. The van der Waals surface area contributed by atoms with Gasteiger partial charge in [0.05, 0.1) is 5.25 Å². The number of hydrogen-bond donors (Lipinski definition) is 2. The lowest BCUT2D eigenvalue weighted by atomic mass is 9.85. The number of piperidine rings is 1. The van der Waals surface area contributed by atoms with Crippen LogP contribution in [0.2, 0.25) is 0 Å². The van der Waals surface area contributed by atoms with Crippen LogP contribution in [0.25, 0.3) is 0 Å². The molecule has 0 spiro atoms. The zero-order chi connectivity index (χ0) is 19.6. The molecule has 25 heavy (non-hydrogen) atoms. The van der Waals surface area contributed by atoms with Crippen molar-refractivity contribution in [1.82, 2.24) is 15.5 Å². The number of carbonyl (C=O) groups is 2. The van der Waals surface area contributed by atoms with Gasteiger partial charge < -0.3 is 15.5 Å². The van der Waals surface area contributed by atoms with E-state index in [2.05, 4.69) is 10.6 Å². The highest BCUT2D eigenvalue weighted by molar-refractivity contribution is 7.91. The summed E-state index contributed by atoms with van der Waals surface area (Å²) in [5.41, 5.74) is -0.858. The second-order valence-corrected chi connectivity index (χ2v) is 11.3. The van der Waals surface area contributed by atoms with Gasteiger partial charge in [-0.15, -0.1) is 0 Å². The molecule has 1 aliphatic heterocycles. The molecule has 146 valence electrons. The van der Waals surface area contributed by atoms with Crippen molar-refractivity contribution in [2.45, 2.75) is 71.2 Å². The molecule has 1 heterocycles. The molecule has 1 unspecified atom stereocenters. The van der Waals surface area contributed by atoms with E-state index in [1.165, 1.54) is 6.26 Å². The van der Waals surface area contributed by atoms with E-state index in [0.717, 1.165) is 0 Å². The lowest BCUT2D eigenvalue weighted by Gasteiger charge is -2.38. The fourth-order valence-electron chi connectivity index (χ4n) is 2.84. The Morgan fingerprint density at radius 3 is 1.88 bits per heavy atom. The van der Waals surface area contributed by atoms with Gasteiger partial charge in [-0.2, -0.15) is 0 Å². The Balaban J connectivity index is 2.81. The minimum absolute atomic E-state index is 0.163. The minimum atomic E-state index is -3.08. The molecule has 1 aliphatic rings. The molecule has 0 aliphatic carbocycles. The monoisotopic (exact) mass is 375 g/mol. The molecule has 0 saturated carbocycles. The Kier molecular flexibility index (Phi) is 6.53. The number of nitrogens with one attached hydrogen (secondary N) is 2. The van der Waals surface area contributed by atoms with E-state index in [1.807, 2.05) is 41.5 Å². The summed E-state index contributed by atoms with van der Waals surface area (Å²) in [6.07, 6.45) is 2.12. The number of urea groups is 1. The van der Waals surface area contributed by atoms with Gasteiger partial charge in [-0.25, -0.2) is 13.2 Å². The van der Waals surface area contributed by atoms with Crippen molar-refractivity contribution in [2.24, 2.45) is 5.41 Å². The molecule has 1 rings (SSSR count). The largest absolute Gasteiger partial charge is 0.341 e. The highest BCUT2D eigenvalue weighted by Crippen LogP contribution is 2.24. The molecule has 1 fully saturated rings. The van der Waals surface area contributed by atoms with Crippen molar-refractivity contribution in [3.05, 3.63) is 0 Å². The summed E-state index contributed by atoms with van der Waals surface area (Å²) in [6.45, 7) is 12.1. The summed E-state index contributed by atoms with van der Waals surface area (Å²) in [6, 6.07) is -1.06. The molecule has 2 N–H and O–H groups in total. The first-order chi connectivity index (χ1) is 11.1. The van der Waals surface area contributed by atoms with E-state index in [0.29, 0.717) is 25.9 Å². The van der Waals surface area contributed by atoms with Crippen molar-refractivity contribution in [2.75, 3.05) is 19.3 Å². The fourth-order valence-corrected chi connectivity index (χ4v) is 3.91. The molecule has 0 aromatic carbocycles. The average Bonchev–Trinajstić information content (AvgIpc) is 2.40. The Morgan fingerprint density at radius 1 is 1.04 bits per heavy atom. The van der Waals surface area contributed by atoms with Crippen LogP contribution < -0.4 is 10.6 Å². The van der Waals surface area contributed by atoms with Gasteiger partial charge in [-0.1, -0.05) is 20.8 Å². The maximum atomic E-state index is 12.9. The Bertz CT molecular complexity index is 594. The molecule has 8 heteroatoms. The molecular weight excluding hydrogens is 342 g/mol. The van der Waals surface area contributed by atoms with Crippen molar-refractivity contribution < 1.29 is 18.0 Å². The van der Waals surface area contributed by atoms with Gasteiger partial charge in [0.2, 0.25) is 5.91 Å². The highest BCUT2D eigenvalue weighted by Gasteiger charge is 2.38. The van der Waals surface area contributed by atoms with Crippen LogP contribution in [0.15, 0.2) is 0 Å². The van der Waals surface area contributed by atoms with Crippen molar-refractivity contribution in [1.29, 1.82) is 0 Å². The van der Waals surface area contributed by atoms with Crippen LogP contribution in [-0.4, -0.2) is 61.4 Å². The standard InChI is InChI=1S/C17H33N3O4S/c1-16(2,3)13(18-15(22)19-17(4,5)6)14(21)20-10-8-12(9-11-20)25(7,23)24/h12-13H,8-11H2,1-7H3,(H2,18,19,22). The number of amides is 3. The first kappa shape index (κ1) is 21.7. The number of likely N-dealkylation sites (tertiary alicyclic amines) is 1. The summed E-state index contributed by atoms with van der Waals surface area (Å²) in [5, 5.41) is 5.21. The van der Waals surface area contributed by atoms with Crippen LogP contribution in [0.3, 0.4) is 0 Å². The fraction of sp³-hybridized carbons (Fsp3) is 0.882. The van der Waals surface area contributed by atoms with E-state index in [1.54, 1.807) is 4.90 Å². The normalized spacial score (nSPS) is 18.6. The number of rotatable bonds is 3. The van der Waals surface area contributed by atoms with E-state index in [4.69, 9.17) is 0 Å². The van der Waals surface area contributed by atoms with Crippen LogP contribution in [0.4, 0.5) is 4.79 Å². The van der Waals surface area contributed by atoms with Crippen LogP contribution in [-0.2, 0) is 14.6 Å². The molecular formula is C17H33N3O4S. The zero-order valence-electron chi connectivity index (χ0n) is 16.5. The van der Waals surface area contributed by atoms with Crippen molar-refractivity contribution in [3.8, 4) is 0 Å². The maximum Gasteiger partial charge on any atom is 0.315 e. The highest BCUT2D eigenvalue weighted by atomic mass is 32.2. The third-order valence-electron chi connectivity index (χ3n) is 4.24. The van der Waals surface area contributed by atoms with Gasteiger partial charge in [-0.05, 0) is 39.0 Å². The number of sulfone groups is 1. The van der Waals surface area contributed by atoms with Gasteiger partial charge >= 0.3 is 6.03 Å². The summed E-state index contributed by atoms with van der Waals surface area (Å²) < 4.78 is 23.3. The van der Waals surface area contributed by atoms with Crippen LogP contribution in [0.5, 0.6) is 0 Å². The molecule has 1 atom stereocenters. The third-order valence-corrected chi connectivity index (χ3v) is 5.92. The smallest absolute Gasteiger partial charge is 0.315 e. The lowest BCUT2D eigenvalue weighted by Crippen LogP contribution is -2.59. The van der Waals surface area contributed by atoms with Crippen LogP contribution in [0.1, 0.15) is 54.4 Å². The van der Waals surface area contributed by atoms with E-state index in [-0.39, 0.29) is 17.2 Å². The maximum absolute atomic E-state index is 12.9. The SMILES string of the molecule is CC(C)(C)NC(=O)NC(C(=O)N1CCC(S(C)(=O)=O)CC1)C(C)(C)C. The summed E-state index contributed by atoms with van der Waals surface area (Å²) in [7, 11) is -3.08. The lowest BCUT2D eigenvalue weighted by molar-refractivity contribution is -0.136. The first-order valence-corrected chi connectivity index (χ1v) is 10.6. The molecule has 3 amide bonds. The van der Waals surface area contributed by atoms with Crippen LogP contribution >= 0.6 is 0 Å². The van der Waals surface area contributed by atoms with Crippen molar-refractivity contribution in [3.63, 3.8) is 0 Å². The second kappa shape index (κ2) is 7.51. The molecule has 0 radical (unpaired) electrons. The summed E-state index contributed by atoms with van der Waals surface area (Å²) in [5.74, 6) is -0.163. The molecule has 0 aromatic rings. The Hall–Kier alpha value is -1.31. The average molecular weight is 376 g/mol. The molecule has 0 bridgehead atoms. The second-order valence-electron chi connectivity index (χ2n) is 9.00. The Labute approximate surface area is 151 Å². The van der Waals surface area contributed by atoms with Gasteiger partial charge in [-0.3, -0.25) is 4.79 Å². The molecule has 1 saturated heterocycles.